The van der Waals surface area contributed by atoms with Gasteiger partial charge in [-0.1, -0.05) is 11.8 Å². The monoisotopic (exact) mass is 288 g/mol. The molecule has 5 unspecified atom stereocenters. The van der Waals surface area contributed by atoms with Gasteiger partial charge in [0.05, 0.1) is 18.5 Å². The molecule has 3 aliphatic rings. The molecule has 0 aliphatic carbocycles. The molecule has 5 nitrogen and oxygen atoms in total. The fourth-order valence-electron chi connectivity index (χ4n) is 2.87. The SMILES string of the molecule is CC(=O)SC1COC2C(OC3CCCCO3)COC12. The van der Waals surface area contributed by atoms with E-state index < -0.39 is 0 Å². The maximum atomic E-state index is 11.2. The summed E-state index contributed by atoms with van der Waals surface area (Å²) in [5.74, 6) is 0. The highest BCUT2D eigenvalue weighted by Crippen LogP contribution is 2.36. The van der Waals surface area contributed by atoms with Crippen molar-refractivity contribution in [2.75, 3.05) is 19.8 Å². The largest absolute Gasteiger partial charge is 0.371 e. The van der Waals surface area contributed by atoms with Gasteiger partial charge in [0, 0.05) is 13.5 Å². The first-order chi connectivity index (χ1) is 9.24. The van der Waals surface area contributed by atoms with Crippen molar-refractivity contribution < 1.29 is 23.7 Å². The highest BCUT2D eigenvalue weighted by molar-refractivity contribution is 8.14. The predicted octanol–water partition coefficient (Wildman–Crippen LogP) is 1.34. The van der Waals surface area contributed by atoms with Crippen LogP contribution in [0.3, 0.4) is 0 Å². The van der Waals surface area contributed by atoms with Crippen molar-refractivity contribution in [3.8, 4) is 0 Å². The third kappa shape index (κ3) is 3.13. The van der Waals surface area contributed by atoms with Gasteiger partial charge in [0.15, 0.2) is 11.4 Å². The van der Waals surface area contributed by atoms with Gasteiger partial charge in [-0.05, 0) is 19.3 Å². The maximum Gasteiger partial charge on any atom is 0.186 e. The van der Waals surface area contributed by atoms with Crippen LogP contribution in [0.1, 0.15) is 26.2 Å². The molecule has 0 aromatic heterocycles. The van der Waals surface area contributed by atoms with E-state index in [-0.39, 0.29) is 35.0 Å². The van der Waals surface area contributed by atoms with Crippen molar-refractivity contribution in [1.82, 2.24) is 0 Å². The smallest absolute Gasteiger partial charge is 0.186 e. The number of hydrogen-bond acceptors (Lipinski definition) is 6. The molecule has 0 aromatic carbocycles. The van der Waals surface area contributed by atoms with Gasteiger partial charge >= 0.3 is 0 Å². The number of thioether (sulfide) groups is 1. The summed E-state index contributed by atoms with van der Waals surface area (Å²) >= 11 is 1.31. The number of fused-ring (bicyclic) bond motifs is 1. The zero-order valence-electron chi connectivity index (χ0n) is 11.1. The molecule has 0 amide bonds. The molecule has 0 spiro atoms. The molecule has 3 heterocycles. The van der Waals surface area contributed by atoms with Crippen LogP contribution in [0.5, 0.6) is 0 Å². The zero-order valence-corrected chi connectivity index (χ0v) is 11.9. The molecule has 0 aromatic rings. The average Bonchev–Trinajstić information content (AvgIpc) is 2.95. The molecule has 0 saturated carbocycles. The third-order valence-electron chi connectivity index (χ3n) is 3.74. The minimum absolute atomic E-state index is 0.0255. The van der Waals surface area contributed by atoms with Crippen LogP contribution in [-0.2, 0) is 23.7 Å². The molecule has 5 atom stereocenters. The Labute approximate surface area is 117 Å². The molecule has 0 N–H and O–H groups in total. The minimum atomic E-state index is -0.121. The molecule has 3 aliphatic heterocycles. The Bertz CT molecular complexity index is 331. The van der Waals surface area contributed by atoms with Crippen LogP contribution in [0.25, 0.3) is 0 Å². The Kier molecular flexibility index (Phi) is 4.44. The molecular weight excluding hydrogens is 268 g/mol. The maximum absolute atomic E-state index is 11.2. The van der Waals surface area contributed by atoms with Crippen LogP contribution in [0.15, 0.2) is 0 Å². The lowest BCUT2D eigenvalue weighted by Gasteiger charge is -2.27. The van der Waals surface area contributed by atoms with Crippen molar-refractivity contribution in [2.24, 2.45) is 0 Å². The van der Waals surface area contributed by atoms with Crippen molar-refractivity contribution in [1.29, 1.82) is 0 Å². The fraction of sp³-hybridized carbons (Fsp3) is 0.923. The van der Waals surface area contributed by atoms with E-state index >= 15 is 0 Å². The summed E-state index contributed by atoms with van der Waals surface area (Å²) in [6.45, 7) is 3.45. The van der Waals surface area contributed by atoms with Crippen LogP contribution in [0.2, 0.25) is 0 Å². The van der Waals surface area contributed by atoms with Crippen LogP contribution >= 0.6 is 11.8 Å². The zero-order chi connectivity index (χ0) is 13.2. The lowest BCUT2D eigenvalue weighted by Crippen LogP contribution is -2.36. The van der Waals surface area contributed by atoms with Gasteiger partial charge in [-0.25, -0.2) is 0 Å². The average molecular weight is 288 g/mol. The summed E-state index contributed by atoms with van der Waals surface area (Å²) in [6.07, 6.45) is 2.94. The van der Waals surface area contributed by atoms with Gasteiger partial charge in [0.2, 0.25) is 0 Å². The fourth-order valence-corrected chi connectivity index (χ4v) is 3.81. The summed E-state index contributed by atoms with van der Waals surface area (Å²) in [7, 11) is 0. The van der Waals surface area contributed by atoms with Gasteiger partial charge in [-0.15, -0.1) is 0 Å². The predicted molar refractivity (Wildman–Crippen MR) is 70.0 cm³/mol. The Morgan fingerprint density at radius 2 is 2.00 bits per heavy atom. The van der Waals surface area contributed by atoms with Gasteiger partial charge in [0.25, 0.3) is 0 Å². The summed E-state index contributed by atoms with van der Waals surface area (Å²) in [5, 5.41) is 0.209. The summed E-state index contributed by atoms with van der Waals surface area (Å²) in [5.41, 5.74) is 0. The molecular formula is C13H20O5S. The second-order valence-corrected chi connectivity index (χ2v) is 6.63. The van der Waals surface area contributed by atoms with Crippen LogP contribution in [0.4, 0.5) is 0 Å². The standard InChI is InChI=1S/C13H20O5S/c1-8(14)19-10-7-17-12-9(6-16-13(10)12)18-11-4-2-3-5-15-11/h9-13H,2-7H2,1H3. The van der Waals surface area contributed by atoms with Crippen LogP contribution in [0, 0.1) is 0 Å². The van der Waals surface area contributed by atoms with Crippen molar-refractivity contribution in [3.63, 3.8) is 0 Å². The highest BCUT2D eigenvalue weighted by atomic mass is 32.2. The molecule has 19 heavy (non-hydrogen) atoms. The summed E-state index contributed by atoms with van der Waals surface area (Å²) in [4.78, 5) is 11.2. The van der Waals surface area contributed by atoms with E-state index in [0.717, 1.165) is 25.9 Å². The number of carbonyl (C=O) groups excluding carboxylic acids is 1. The Hall–Kier alpha value is -0.140. The summed E-state index contributed by atoms with van der Waals surface area (Å²) in [6, 6.07) is 0. The Balaban J connectivity index is 1.54. The molecule has 3 rings (SSSR count). The van der Waals surface area contributed by atoms with Gasteiger partial charge < -0.3 is 18.9 Å². The second kappa shape index (κ2) is 6.10. The molecule has 6 heteroatoms. The number of carbonyl (C=O) groups is 1. The molecule has 0 radical (unpaired) electrons. The van der Waals surface area contributed by atoms with E-state index in [2.05, 4.69) is 0 Å². The van der Waals surface area contributed by atoms with Crippen LogP contribution in [-0.4, -0.2) is 54.8 Å². The molecule has 3 saturated heterocycles. The highest BCUT2D eigenvalue weighted by Gasteiger charge is 2.49. The number of rotatable bonds is 3. The number of hydrogen-bond donors (Lipinski definition) is 0. The van der Waals surface area contributed by atoms with E-state index in [1.165, 1.54) is 11.8 Å². The third-order valence-corrected chi connectivity index (χ3v) is 4.78. The lowest BCUT2D eigenvalue weighted by atomic mass is 10.1. The van der Waals surface area contributed by atoms with Gasteiger partial charge in [-0.3, -0.25) is 4.79 Å². The van der Waals surface area contributed by atoms with E-state index in [1.807, 2.05) is 0 Å². The van der Waals surface area contributed by atoms with Gasteiger partial charge in [0.1, 0.15) is 18.3 Å². The topological polar surface area (TPSA) is 54.0 Å². The first kappa shape index (κ1) is 13.8. The molecule has 0 bridgehead atoms. The van der Waals surface area contributed by atoms with Crippen molar-refractivity contribution in [3.05, 3.63) is 0 Å². The normalized spacial score (nSPS) is 42.3. The van der Waals surface area contributed by atoms with E-state index in [1.54, 1.807) is 6.92 Å². The van der Waals surface area contributed by atoms with E-state index in [4.69, 9.17) is 18.9 Å². The first-order valence-corrected chi connectivity index (χ1v) is 7.79. The summed E-state index contributed by atoms with van der Waals surface area (Å²) < 4.78 is 23.1. The Morgan fingerprint density at radius 1 is 1.16 bits per heavy atom. The second-order valence-electron chi connectivity index (χ2n) is 5.21. The van der Waals surface area contributed by atoms with Gasteiger partial charge in [-0.2, -0.15) is 0 Å². The van der Waals surface area contributed by atoms with E-state index in [9.17, 15) is 4.79 Å². The van der Waals surface area contributed by atoms with Crippen LogP contribution < -0.4 is 0 Å². The molecule has 108 valence electrons. The van der Waals surface area contributed by atoms with E-state index in [0.29, 0.717) is 13.2 Å². The molecule has 3 fully saturated rings. The quantitative estimate of drug-likeness (QED) is 0.781. The first-order valence-electron chi connectivity index (χ1n) is 6.91. The van der Waals surface area contributed by atoms with Crippen molar-refractivity contribution in [2.45, 2.75) is 56.0 Å². The Morgan fingerprint density at radius 3 is 2.74 bits per heavy atom. The number of ether oxygens (including phenoxy) is 4. The minimum Gasteiger partial charge on any atom is -0.371 e. The lowest BCUT2D eigenvalue weighted by molar-refractivity contribution is -0.201. The van der Waals surface area contributed by atoms with Crippen molar-refractivity contribution >= 4 is 16.9 Å².